The molecule has 9 heteroatoms. The smallest absolute Gasteiger partial charge is 0.340 e. The zero-order chi connectivity index (χ0) is 21.0. The molecular weight excluding hydrogens is 418 g/mol. The van der Waals surface area contributed by atoms with Crippen molar-refractivity contribution in [1.29, 1.82) is 0 Å². The van der Waals surface area contributed by atoms with Gasteiger partial charge in [0.1, 0.15) is 5.75 Å². The Morgan fingerprint density at radius 2 is 1.83 bits per heavy atom. The number of hydrogen-bond acceptors (Lipinski definition) is 6. The van der Waals surface area contributed by atoms with E-state index in [2.05, 4.69) is 0 Å². The number of esters is 1. The van der Waals surface area contributed by atoms with Crippen LogP contribution in [0.4, 0.5) is 0 Å². The Morgan fingerprint density at radius 1 is 1.10 bits per heavy atom. The molecule has 1 heterocycles. The Bertz CT molecular complexity index is 1030. The summed E-state index contributed by atoms with van der Waals surface area (Å²) in [6, 6.07) is 10.3. The lowest BCUT2D eigenvalue weighted by Gasteiger charge is -2.16. The summed E-state index contributed by atoms with van der Waals surface area (Å²) in [5.41, 5.74) is 0.221. The largest absolute Gasteiger partial charge is 0.497 e. The van der Waals surface area contributed by atoms with Crippen LogP contribution in [0.3, 0.4) is 0 Å². The molecule has 2 aromatic rings. The van der Waals surface area contributed by atoms with Crippen molar-refractivity contribution in [3.8, 4) is 5.75 Å². The number of carbonyl (C=O) groups is 2. The molecule has 0 N–H and O–H groups in total. The van der Waals surface area contributed by atoms with Gasteiger partial charge >= 0.3 is 5.97 Å². The minimum Gasteiger partial charge on any atom is -0.497 e. The molecule has 1 aliphatic heterocycles. The standard InChI is InChI=1S/C20H20ClNO6S/c1-27-15-6-4-5-14(11-15)19(23)13-28-20(24)17-12-16(7-8-18(17)21)29(25,26)22-9-2-3-10-22/h4-8,11-12H,2-3,9-10,13H2,1H3. The summed E-state index contributed by atoms with van der Waals surface area (Å²) in [6.07, 6.45) is 1.60. The van der Waals surface area contributed by atoms with Crippen LogP contribution in [-0.4, -0.2) is 51.3 Å². The highest BCUT2D eigenvalue weighted by Crippen LogP contribution is 2.26. The average molecular weight is 438 g/mol. The van der Waals surface area contributed by atoms with E-state index in [1.54, 1.807) is 18.2 Å². The van der Waals surface area contributed by atoms with Gasteiger partial charge in [-0.3, -0.25) is 4.79 Å². The third kappa shape index (κ3) is 4.77. The Balaban J connectivity index is 1.74. The monoisotopic (exact) mass is 437 g/mol. The summed E-state index contributed by atoms with van der Waals surface area (Å²) in [5, 5.41) is 0.0456. The summed E-state index contributed by atoms with van der Waals surface area (Å²) in [6.45, 7) is 0.380. The van der Waals surface area contributed by atoms with E-state index >= 15 is 0 Å². The number of halogens is 1. The van der Waals surface area contributed by atoms with Gasteiger partial charge in [0.25, 0.3) is 0 Å². The van der Waals surface area contributed by atoms with Crippen LogP contribution in [0.25, 0.3) is 0 Å². The molecule has 1 aliphatic rings. The second-order valence-electron chi connectivity index (χ2n) is 6.48. The number of hydrogen-bond donors (Lipinski definition) is 0. The highest BCUT2D eigenvalue weighted by atomic mass is 35.5. The fraction of sp³-hybridized carbons (Fsp3) is 0.300. The van der Waals surface area contributed by atoms with Gasteiger partial charge in [-0.25, -0.2) is 13.2 Å². The average Bonchev–Trinajstić information content (AvgIpc) is 3.27. The van der Waals surface area contributed by atoms with Crippen LogP contribution < -0.4 is 4.74 Å². The molecule has 0 bridgehead atoms. The number of nitrogens with zero attached hydrogens (tertiary/aromatic N) is 1. The summed E-state index contributed by atoms with van der Waals surface area (Å²) in [7, 11) is -2.23. The maximum atomic E-state index is 12.7. The van der Waals surface area contributed by atoms with Gasteiger partial charge in [0.15, 0.2) is 12.4 Å². The lowest BCUT2D eigenvalue weighted by Crippen LogP contribution is -2.28. The van der Waals surface area contributed by atoms with Gasteiger partial charge < -0.3 is 9.47 Å². The van der Waals surface area contributed by atoms with Crippen LogP contribution in [0.2, 0.25) is 5.02 Å². The Kier molecular flexibility index (Phi) is 6.56. The normalized spacial score (nSPS) is 14.6. The molecule has 2 aromatic carbocycles. The summed E-state index contributed by atoms with van der Waals surface area (Å²) in [5.74, 6) is -0.788. The van der Waals surface area contributed by atoms with Crippen molar-refractivity contribution < 1.29 is 27.5 Å². The van der Waals surface area contributed by atoms with Gasteiger partial charge in [-0.05, 0) is 43.2 Å². The first-order valence-electron chi connectivity index (χ1n) is 8.97. The molecule has 0 saturated carbocycles. The lowest BCUT2D eigenvalue weighted by molar-refractivity contribution is 0.0474. The van der Waals surface area contributed by atoms with Crippen LogP contribution in [0.15, 0.2) is 47.4 Å². The molecule has 7 nitrogen and oxygen atoms in total. The summed E-state index contributed by atoms with van der Waals surface area (Å²) < 4.78 is 36.9. The third-order valence-electron chi connectivity index (χ3n) is 4.59. The summed E-state index contributed by atoms with van der Waals surface area (Å²) in [4.78, 5) is 24.7. The number of ether oxygens (including phenoxy) is 2. The van der Waals surface area contributed by atoms with Crippen LogP contribution in [-0.2, 0) is 14.8 Å². The number of Topliss-reactive ketones (excluding diaryl/α,β-unsaturated/α-hetero) is 1. The van der Waals surface area contributed by atoms with Crippen molar-refractivity contribution >= 4 is 33.4 Å². The van der Waals surface area contributed by atoms with Crippen molar-refractivity contribution in [3.63, 3.8) is 0 Å². The van der Waals surface area contributed by atoms with E-state index in [1.165, 1.54) is 35.7 Å². The predicted molar refractivity (Wildman–Crippen MR) is 107 cm³/mol. The van der Waals surface area contributed by atoms with Crippen molar-refractivity contribution in [3.05, 3.63) is 58.6 Å². The fourth-order valence-corrected chi connectivity index (χ4v) is 4.73. The zero-order valence-corrected chi connectivity index (χ0v) is 17.3. The van der Waals surface area contributed by atoms with Gasteiger partial charge in [-0.2, -0.15) is 4.31 Å². The van der Waals surface area contributed by atoms with Gasteiger partial charge in [0.2, 0.25) is 10.0 Å². The van der Waals surface area contributed by atoms with E-state index in [0.717, 1.165) is 12.8 Å². The molecule has 0 unspecified atom stereocenters. The molecular formula is C20H20ClNO6S. The number of ketones is 1. The Morgan fingerprint density at radius 3 is 2.52 bits per heavy atom. The van der Waals surface area contributed by atoms with Crippen molar-refractivity contribution in [2.24, 2.45) is 0 Å². The maximum absolute atomic E-state index is 12.7. The number of rotatable bonds is 7. The second kappa shape index (κ2) is 8.94. The molecule has 0 aromatic heterocycles. The predicted octanol–water partition coefficient (Wildman–Crippen LogP) is 3.17. The molecule has 0 atom stereocenters. The summed E-state index contributed by atoms with van der Waals surface area (Å²) >= 11 is 6.06. The Labute approximate surface area is 174 Å². The zero-order valence-electron chi connectivity index (χ0n) is 15.8. The molecule has 0 amide bonds. The van der Waals surface area contributed by atoms with Crippen LogP contribution in [0.5, 0.6) is 5.75 Å². The second-order valence-corrected chi connectivity index (χ2v) is 8.83. The third-order valence-corrected chi connectivity index (χ3v) is 6.81. The minimum atomic E-state index is -3.71. The van der Waals surface area contributed by atoms with Crippen LogP contribution >= 0.6 is 11.6 Å². The van der Waals surface area contributed by atoms with E-state index in [1.807, 2.05) is 0 Å². The molecule has 3 rings (SSSR count). The first-order chi connectivity index (χ1) is 13.8. The topological polar surface area (TPSA) is 90.0 Å². The first kappa shape index (κ1) is 21.3. The highest BCUT2D eigenvalue weighted by Gasteiger charge is 2.28. The molecule has 0 radical (unpaired) electrons. The SMILES string of the molecule is COc1cccc(C(=O)COC(=O)c2cc(S(=O)(=O)N3CCCC3)ccc2Cl)c1. The Hall–Kier alpha value is -2.42. The van der Waals surface area contributed by atoms with Crippen molar-refractivity contribution in [1.82, 2.24) is 4.31 Å². The van der Waals surface area contributed by atoms with E-state index in [9.17, 15) is 18.0 Å². The van der Waals surface area contributed by atoms with Crippen LogP contribution in [0.1, 0.15) is 33.6 Å². The van der Waals surface area contributed by atoms with E-state index in [4.69, 9.17) is 21.1 Å². The lowest BCUT2D eigenvalue weighted by atomic mass is 10.1. The molecule has 0 spiro atoms. The minimum absolute atomic E-state index is 0.0325. The van der Waals surface area contributed by atoms with Gasteiger partial charge in [-0.15, -0.1) is 0 Å². The number of methoxy groups -OCH3 is 1. The van der Waals surface area contributed by atoms with E-state index in [-0.39, 0.29) is 15.5 Å². The molecule has 0 aliphatic carbocycles. The number of benzene rings is 2. The van der Waals surface area contributed by atoms with Crippen LogP contribution in [0, 0.1) is 0 Å². The number of sulfonamides is 1. The first-order valence-corrected chi connectivity index (χ1v) is 10.8. The maximum Gasteiger partial charge on any atom is 0.340 e. The van der Waals surface area contributed by atoms with Gasteiger partial charge in [0, 0.05) is 18.7 Å². The quantitative estimate of drug-likeness (QED) is 0.488. The molecule has 1 saturated heterocycles. The van der Waals surface area contributed by atoms with Crippen molar-refractivity contribution in [2.45, 2.75) is 17.7 Å². The van der Waals surface area contributed by atoms with E-state index in [0.29, 0.717) is 24.4 Å². The fourth-order valence-electron chi connectivity index (χ4n) is 2.99. The van der Waals surface area contributed by atoms with E-state index < -0.39 is 28.4 Å². The van der Waals surface area contributed by atoms with Crippen molar-refractivity contribution in [2.75, 3.05) is 26.8 Å². The number of carbonyl (C=O) groups excluding carboxylic acids is 2. The molecule has 154 valence electrons. The van der Waals surface area contributed by atoms with Gasteiger partial charge in [0.05, 0.1) is 22.6 Å². The molecule has 1 fully saturated rings. The highest BCUT2D eigenvalue weighted by molar-refractivity contribution is 7.89. The molecule has 29 heavy (non-hydrogen) atoms. The van der Waals surface area contributed by atoms with Gasteiger partial charge in [-0.1, -0.05) is 23.7 Å².